The molecule has 0 saturated heterocycles. The number of aromatic amines is 1. The van der Waals surface area contributed by atoms with Gasteiger partial charge in [0.15, 0.2) is 0 Å². The second kappa shape index (κ2) is 10.3. The van der Waals surface area contributed by atoms with Crippen molar-refractivity contribution in [2.45, 2.75) is 26.7 Å². The number of benzene rings is 2. The highest BCUT2D eigenvalue weighted by atomic mass is 35.5. The summed E-state index contributed by atoms with van der Waals surface area (Å²) in [6.45, 7) is 8.17. The normalized spacial score (nSPS) is 11.1. The Labute approximate surface area is 207 Å². The number of hydrogen-bond donors (Lipinski definition) is 2. The van der Waals surface area contributed by atoms with E-state index in [1.54, 1.807) is 26.2 Å². The summed E-state index contributed by atoms with van der Waals surface area (Å²) in [5.41, 5.74) is 3.67. The van der Waals surface area contributed by atoms with Crippen LogP contribution in [0.3, 0.4) is 0 Å². The molecule has 2 N–H and O–H groups in total. The van der Waals surface area contributed by atoms with Gasteiger partial charge in [0.25, 0.3) is 0 Å². The average molecular weight is 495 g/mol. The van der Waals surface area contributed by atoms with E-state index in [-0.39, 0.29) is 12.3 Å². The molecular formula is C27H27ClN2O5. The third-order valence-electron chi connectivity index (χ3n) is 5.84. The lowest BCUT2D eigenvalue weighted by Crippen LogP contribution is -2.29. The molecule has 4 aromatic rings. The number of methoxy groups -OCH3 is 1. The van der Waals surface area contributed by atoms with Gasteiger partial charge in [-0.05, 0) is 55.2 Å². The Kier molecular flexibility index (Phi) is 7.17. The quantitative estimate of drug-likeness (QED) is 0.249. The number of nitrogens with one attached hydrogen (secondary N) is 2. The van der Waals surface area contributed by atoms with Crippen LogP contribution in [0.4, 0.5) is 0 Å². The highest BCUT2D eigenvalue weighted by Crippen LogP contribution is 2.32. The Bertz CT molecular complexity index is 1480. The molecule has 0 saturated carbocycles. The third-order valence-corrected chi connectivity index (χ3v) is 6.14. The molecule has 35 heavy (non-hydrogen) atoms. The van der Waals surface area contributed by atoms with Crippen LogP contribution in [0, 0.1) is 6.92 Å². The SMILES string of the molecule is C=C(C)COc1cc2oc(=O)c(CC(=O)NCCc3c[nH]c4cc(OC)ccc34)c(C)c2cc1Cl. The summed E-state index contributed by atoms with van der Waals surface area (Å²) in [5, 5.41) is 5.03. The molecule has 7 nitrogen and oxygen atoms in total. The Hall–Kier alpha value is -3.71. The Morgan fingerprint density at radius 3 is 2.77 bits per heavy atom. The Morgan fingerprint density at radius 1 is 1.23 bits per heavy atom. The van der Waals surface area contributed by atoms with Crippen molar-refractivity contribution in [3.8, 4) is 11.5 Å². The maximum absolute atomic E-state index is 12.7. The molecule has 4 rings (SSSR count). The molecule has 0 unspecified atom stereocenters. The summed E-state index contributed by atoms with van der Waals surface area (Å²) in [6.07, 6.45) is 2.49. The van der Waals surface area contributed by atoms with E-state index in [1.165, 1.54) is 0 Å². The second-order valence-corrected chi connectivity index (χ2v) is 8.93. The average Bonchev–Trinajstić information content (AvgIpc) is 3.23. The maximum atomic E-state index is 12.7. The molecule has 0 radical (unpaired) electrons. The molecule has 0 spiro atoms. The van der Waals surface area contributed by atoms with E-state index in [0.29, 0.717) is 52.4 Å². The molecule has 0 fully saturated rings. The van der Waals surface area contributed by atoms with E-state index >= 15 is 0 Å². The molecule has 1 amide bonds. The van der Waals surface area contributed by atoms with Crippen molar-refractivity contribution >= 4 is 39.4 Å². The number of carbonyl (C=O) groups excluding carboxylic acids is 1. The lowest BCUT2D eigenvalue weighted by Gasteiger charge is -2.12. The summed E-state index contributed by atoms with van der Waals surface area (Å²) < 4.78 is 16.4. The van der Waals surface area contributed by atoms with Crippen molar-refractivity contribution in [3.05, 3.63) is 80.8 Å². The summed E-state index contributed by atoms with van der Waals surface area (Å²) in [7, 11) is 1.63. The second-order valence-electron chi connectivity index (χ2n) is 8.52. The minimum absolute atomic E-state index is 0.0826. The Morgan fingerprint density at radius 2 is 2.03 bits per heavy atom. The zero-order valence-corrected chi connectivity index (χ0v) is 20.7. The summed E-state index contributed by atoms with van der Waals surface area (Å²) in [4.78, 5) is 28.5. The van der Waals surface area contributed by atoms with Crippen molar-refractivity contribution in [1.29, 1.82) is 0 Å². The van der Waals surface area contributed by atoms with Crippen LogP contribution in [0.2, 0.25) is 5.02 Å². The van der Waals surface area contributed by atoms with Crippen molar-refractivity contribution in [3.63, 3.8) is 0 Å². The predicted octanol–water partition coefficient (Wildman–Crippen LogP) is 5.10. The van der Waals surface area contributed by atoms with E-state index in [1.807, 2.05) is 31.3 Å². The topological polar surface area (TPSA) is 93.6 Å². The van der Waals surface area contributed by atoms with Crippen molar-refractivity contribution in [1.82, 2.24) is 10.3 Å². The minimum atomic E-state index is -0.552. The molecule has 2 heterocycles. The van der Waals surface area contributed by atoms with E-state index < -0.39 is 5.63 Å². The largest absolute Gasteiger partial charge is 0.497 e. The predicted molar refractivity (Wildman–Crippen MR) is 138 cm³/mol. The van der Waals surface area contributed by atoms with Gasteiger partial charge < -0.3 is 24.2 Å². The molecule has 0 atom stereocenters. The van der Waals surface area contributed by atoms with Crippen molar-refractivity contribution in [2.24, 2.45) is 0 Å². The standard InChI is InChI=1S/C27H27ClN2O5/c1-15(2)14-34-25-12-24-20(10-22(25)28)16(3)21(27(32)35-24)11-26(31)29-8-7-17-13-30-23-9-18(33-4)5-6-19(17)23/h5-6,9-10,12-13,30H,1,7-8,11,14H2,2-4H3,(H,29,31). The number of carbonyl (C=O) groups is 1. The van der Waals surface area contributed by atoms with E-state index in [0.717, 1.165) is 27.8 Å². The van der Waals surface area contributed by atoms with Gasteiger partial charge >= 0.3 is 5.63 Å². The van der Waals surface area contributed by atoms with Crippen LogP contribution in [-0.4, -0.2) is 31.2 Å². The van der Waals surface area contributed by atoms with Gasteiger partial charge in [0.1, 0.15) is 23.7 Å². The molecule has 2 aromatic carbocycles. The fourth-order valence-corrected chi connectivity index (χ4v) is 4.18. The van der Waals surface area contributed by atoms with E-state index in [9.17, 15) is 9.59 Å². The zero-order valence-electron chi connectivity index (χ0n) is 19.9. The first-order valence-corrected chi connectivity index (χ1v) is 11.6. The van der Waals surface area contributed by atoms with Crippen LogP contribution >= 0.6 is 11.6 Å². The monoisotopic (exact) mass is 494 g/mol. The molecule has 0 bridgehead atoms. The number of H-pyrrole nitrogens is 1. The number of aromatic nitrogens is 1. The molecule has 0 aliphatic carbocycles. The van der Waals surface area contributed by atoms with Gasteiger partial charge in [-0.1, -0.05) is 18.2 Å². The van der Waals surface area contributed by atoms with Crippen LogP contribution in [0.5, 0.6) is 11.5 Å². The zero-order chi connectivity index (χ0) is 25.1. The number of fused-ring (bicyclic) bond motifs is 2. The molecular weight excluding hydrogens is 468 g/mol. The smallest absolute Gasteiger partial charge is 0.340 e. The summed E-state index contributed by atoms with van der Waals surface area (Å²) in [5.74, 6) is 0.931. The molecule has 8 heteroatoms. The highest BCUT2D eigenvalue weighted by Gasteiger charge is 2.17. The fourth-order valence-electron chi connectivity index (χ4n) is 3.96. The molecule has 0 aliphatic heterocycles. The van der Waals surface area contributed by atoms with Crippen LogP contribution in [0.1, 0.15) is 23.6 Å². The minimum Gasteiger partial charge on any atom is -0.497 e. The Balaban J connectivity index is 1.45. The van der Waals surface area contributed by atoms with Crippen LogP contribution in [-0.2, 0) is 17.6 Å². The van der Waals surface area contributed by atoms with Gasteiger partial charge in [-0.2, -0.15) is 0 Å². The molecule has 182 valence electrons. The first-order valence-electron chi connectivity index (χ1n) is 11.2. The maximum Gasteiger partial charge on any atom is 0.340 e. The number of ether oxygens (including phenoxy) is 2. The lowest BCUT2D eigenvalue weighted by molar-refractivity contribution is -0.120. The summed E-state index contributed by atoms with van der Waals surface area (Å²) >= 11 is 6.37. The number of halogens is 1. The highest BCUT2D eigenvalue weighted by molar-refractivity contribution is 6.32. The van der Waals surface area contributed by atoms with Crippen molar-refractivity contribution in [2.75, 3.05) is 20.3 Å². The summed E-state index contributed by atoms with van der Waals surface area (Å²) in [6, 6.07) is 9.11. The molecule has 2 aromatic heterocycles. The van der Waals surface area contributed by atoms with Crippen LogP contribution in [0.25, 0.3) is 21.9 Å². The van der Waals surface area contributed by atoms with Gasteiger partial charge in [0.2, 0.25) is 5.91 Å². The van der Waals surface area contributed by atoms with Crippen LogP contribution in [0.15, 0.2) is 57.9 Å². The van der Waals surface area contributed by atoms with Gasteiger partial charge in [-0.25, -0.2) is 4.79 Å². The van der Waals surface area contributed by atoms with Gasteiger partial charge in [0.05, 0.1) is 24.1 Å². The number of aryl methyl sites for hydroxylation is 1. The number of amides is 1. The first-order chi connectivity index (χ1) is 16.8. The van der Waals surface area contributed by atoms with E-state index in [4.69, 9.17) is 25.5 Å². The van der Waals surface area contributed by atoms with Crippen LogP contribution < -0.4 is 20.4 Å². The van der Waals surface area contributed by atoms with Gasteiger partial charge in [-0.15, -0.1) is 0 Å². The van der Waals surface area contributed by atoms with Gasteiger partial charge in [0, 0.05) is 41.2 Å². The fraction of sp³-hybridized carbons (Fsp3) is 0.259. The molecule has 0 aliphatic rings. The lowest BCUT2D eigenvalue weighted by atomic mass is 10.0. The van der Waals surface area contributed by atoms with Gasteiger partial charge in [-0.3, -0.25) is 4.79 Å². The third kappa shape index (κ3) is 5.35. The van der Waals surface area contributed by atoms with E-state index in [2.05, 4.69) is 16.9 Å². The number of hydrogen-bond acceptors (Lipinski definition) is 5. The van der Waals surface area contributed by atoms with Crippen molar-refractivity contribution < 1.29 is 18.7 Å². The number of rotatable bonds is 9. The first kappa shape index (κ1) is 24.4.